The molecule has 1 N–H and O–H groups in total. The lowest BCUT2D eigenvalue weighted by molar-refractivity contribution is -0.128. The van der Waals surface area contributed by atoms with Crippen LogP contribution in [-0.4, -0.2) is 40.7 Å². The third-order valence-electron chi connectivity index (χ3n) is 3.88. The average molecular weight is 261 g/mol. The van der Waals surface area contributed by atoms with Gasteiger partial charge in [0.05, 0.1) is 18.4 Å². The summed E-state index contributed by atoms with van der Waals surface area (Å²) in [7, 11) is 0. The highest BCUT2D eigenvalue weighted by Gasteiger charge is 2.27. The predicted octanol–water partition coefficient (Wildman–Crippen LogP) is 1.81. The van der Waals surface area contributed by atoms with Crippen LogP contribution in [0.4, 0.5) is 0 Å². The number of nitrogens with one attached hydrogen (secondary N) is 1. The van der Waals surface area contributed by atoms with Gasteiger partial charge in [0.2, 0.25) is 0 Å². The van der Waals surface area contributed by atoms with Gasteiger partial charge in [-0.3, -0.25) is 9.89 Å². The summed E-state index contributed by atoms with van der Waals surface area (Å²) >= 11 is 0. The Kier molecular flexibility index (Phi) is 3.53. The maximum absolute atomic E-state index is 12.4. The van der Waals surface area contributed by atoms with Crippen LogP contribution in [0.1, 0.15) is 37.3 Å². The molecule has 0 bridgehead atoms. The van der Waals surface area contributed by atoms with Gasteiger partial charge in [-0.2, -0.15) is 5.10 Å². The number of likely N-dealkylation sites (tertiary alicyclic amines) is 1. The van der Waals surface area contributed by atoms with E-state index in [-0.39, 0.29) is 5.91 Å². The van der Waals surface area contributed by atoms with E-state index in [4.69, 9.17) is 4.74 Å². The van der Waals surface area contributed by atoms with Crippen molar-refractivity contribution in [3.05, 3.63) is 29.8 Å². The van der Waals surface area contributed by atoms with E-state index in [9.17, 15) is 4.79 Å². The lowest BCUT2D eigenvalue weighted by Gasteiger charge is -2.33. The molecule has 1 aromatic heterocycles. The van der Waals surface area contributed by atoms with Crippen molar-refractivity contribution >= 4 is 5.91 Å². The second kappa shape index (κ2) is 5.47. The summed E-state index contributed by atoms with van der Waals surface area (Å²) in [6.07, 6.45) is 7.35. The highest BCUT2D eigenvalue weighted by atomic mass is 16.5. The van der Waals surface area contributed by atoms with Crippen molar-refractivity contribution in [2.75, 3.05) is 19.7 Å². The fourth-order valence-electron chi connectivity index (χ4n) is 2.83. The molecule has 2 aliphatic rings. The van der Waals surface area contributed by atoms with Crippen molar-refractivity contribution in [3.8, 4) is 0 Å². The molecular weight excluding hydrogens is 242 g/mol. The van der Waals surface area contributed by atoms with E-state index in [0.29, 0.717) is 5.92 Å². The van der Waals surface area contributed by atoms with Crippen LogP contribution in [0.25, 0.3) is 0 Å². The number of rotatable bonds is 2. The summed E-state index contributed by atoms with van der Waals surface area (Å²) in [5.41, 5.74) is 1.95. The van der Waals surface area contributed by atoms with Crippen molar-refractivity contribution in [1.82, 2.24) is 15.1 Å². The van der Waals surface area contributed by atoms with Crippen LogP contribution in [0.3, 0.4) is 0 Å². The molecule has 0 aliphatic carbocycles. The van der Waals surface area contributed by atoms with Crippen LogP contribution < -0.4 is 0 Å². The Hall–Kier alpha value is -1.78. The molecule has 1 aromatic rings. The first-order valence-electron chi connectivity index (χ1n) is 6.94. The summed E-state index contributed by atoms with van der Waals surface area (Å²) in [5, 5.41) is 7.02. The minimum atomic E-state index is 0.143. The van der Waals surface area contributed by atoms with E-state index < -0.39 is 0 Å². The van der Waals surface area contributed by atoms with Gasteiger partial charge in [-0.15, -0.1) is 0 Å². The molecule has 5 nitrogen and oxygen atoms in total. The number of ether oxygens (including phenoxy) is 1. The minimum Gasteiger partial charge on any atom is -0.501 e. The lowest BCUT2D eigenvalue weighted by Crippen LogP contribution is -2.40. The molecule has 3 rings (SSSR count). The van der Waals surface area contributed by atoms with Gasteiger partial charge in [0.1, 0.15) is 0 Å². The number of carbonyl (C=O) groups excluding carboxylic acids is 1. The number of nitrogens with zero attached hydrogens (tertiary/aromatic N) is 2. The first-order valence-corrected chi connectivity index (χ1v) is 6.94. The smallest absolute Gasteiger partial charge is 0.252 e. The van der Waals surface area contributed by atoms with Crippen molar-refractivity contribution in [1.29, 1.82) is 0 Å². The van der Waals surface area contributed by atoms with Gasteiger partial charge in [0.15, 0.2) is 0 Å². The van der Waals surface area contributed by atoms with Crippen LogP contribution in [0.15, 0.2) is 24.1 Å². The van der Waals surface area contributed by atoms with Crippen LogP contribution >= 0.6 is 0 Å². The minimum absolute atomic E-state index is 0.143. The van der Waals surface area contributed by atoms with Crippen LogP contribution in [-0.2, 0) is 9.53 Å². The predicted molar refractivity (Wildman–Crippen MR) is 70.4 cm³/mol. The SMILES string of the molecule is O=C(C1=COCCC1)N1CCCC(c2ccn[nH]2)C1. The molecule has 3 heterocycles. The molecule has 1 saturated heterocycles. The summed E-state index contributed by atoms with van der Waals surface area (Å²) in [6.45, 7) is 2.35. The van der Waals surface area contributed by atoms with Crippen LogP contribution in [0.2, 0.25) is 0 Å². The molecule has 1 fully saturated rings. The van der Waals surface area contributed by atoms with Crippen molar-refractivity contribution in [3.63, 3.8) is 0 Å². The fourth-order valence-corrected chi connectivity index (χ4v) is 2.83. The number of amides is 1. The highest BCUT2D eigenvalue weighted by Crippen LogP contribution is 2.27. The molecular formula is C14H19N3O2. The van der Waals surface area contributed by atoms with Gasteiger partial charge in [0.25, 0.3) is 5.91 Å². The Bertz CT molecular complexity index is 467. The molecule has 5 heteroatoms. The van der Waals surface area contributed by atoms with E-state index >= 15 is 0 Å². The third-order valence-corrected chi connectivity index (χ3v) is 3.88. The first-order chi connectivity index (χ1) is 9.34. The monoisotopic (exact) mass is 261 g/mol. The van der Waals surface area contributed by atoms with Gasteiger partial charge in [-0.25, -0.2) is 0 Å². The van der Waals surface area contributed by atoms with Crippen molar-refractivity contribution in [2.45, 2.75) is 31.6 Å². The first kappa shape index (κ1) is 12.3. The van der Waals surface area contributed by atoms with Gasteiger partial charge >= 0.3 is 0 Å². The maximum atomic E-state index is 12.4. The second-order valence-electron chi connectivity index (χ2n) is 5.22. The number of carbonyl (C=O) groups is 1. The van der Waals surface area contributed by atoms with E-state index in [2.05, 4.69) is 10.2 Å². The van der Waals surface area contributed by atoms with Gasteiger partial charge in [-0.05, 0) is 31.7 Å². The molecule has 19 heavy (non-hydrogen) atoms. The number of piperidine rings is 1. The van der Waals surface area contributed by atoms with E-state index in [1.54, 1.807) is 12.5 Å². The second-order valence-corrected chi connectivity index (χ2v) is 5.22. The van der Waals surface area contributed by atoms with Crippen LogP contribution in [0.5, 0.6) is 0 Å². The quantitative estimate of drug-likeness (QED) is 0.883. The topological polar surface area (TPSA) is 58.2 Å². The Morgan fingerprint density at radius 1 is 1.47 bits per heavy atom. The summed E-state index contributed by atoms with van der Waals surface area (Å²) in [6, 6.07) is 2.00. The maximum Gasteiger partial charge on any atom is 0.252 e. The van der Waals surface area contributed by atoms with Crippen molar-refractivity contribution < 1.29 is 9.53 Å². The molecule has 0 radical (unpaired) electrons. The number of H-pyrrole nitrogens is 1. The third kappa shape index (κ3) is 2.64. The van der Waals surface area contributed by atoms with E-state index in [1.807, 2.05) is 11.0 Å². The lowest BCUT2D eigenvalue weighted by atomic mass is 9.94. The standard InChI is InChI=1S/C14H19N3O2/c18-14(12-4-2-8-19-10-12)17-7-1-3-11(9-17)13-5-6-15-16-13/h5-6,10-11H,1-4,7-9H2,(H,15,16). The largest absolute Gasteiger partial charge is 0.501 e. The Morgan fingerprint density at radius 2 is 2.42 bits per heavy atom. The summed E-state index contributed by atoms with van der Waals surface area (Å²) in [4.78, 5) is 14.4. The molecule has 2 aliphatic heterocycles. The molecule has 1 amide bonds. The van der Waals surface area contributed by atoms with Gasteiger partial charge < -0.3 is 9.64 Å². The fraction of sp³-hybridized carbons (Fsp3) is 0.571. The number of aromatic nitrogens is 2. The Balaban J connectivity index is 1.68. The molecule has 102 valence electrons. The highest BCUT2D eigenvalue weighted by molar-refractivity contribution is 5.93. The zero-order valence-corrected chi connectivity index (χ0v) is 11.0. The van der Waals surface area contributed by atoms with Gasteiger partial charge in [0, 0.05) is 30.9 Å². The average Bonchev–Trinajstić information content (AvgIpc) is 3.02. The summed E-state index contributed by atoms with van der Waals surface area (Å²) in [5.74, 6) is 0.522. The zero-order valence-electron chi connectivity index (χ0n) is 11.0. The zero-order chi connectivity index (χ0) is 13.1. The molecule has 0 aromatic carbocycles. The van der Waals surface area contributed by atoms with Gasteiger partial charge in [-0.1, -0.05) is 0 Å². The number of hydrogen-bond donors (Lipinski definition) is 1. The van der Waals surface area contributed by atoms with Crippen LogP contribution in [0, 0.1) is 0 Å². The molecule has 0 spiro atoms. The molecule has 1 atom stereocenters. The molecule has 0 saturated carbocycles. The number of aromatic amines is 1. The normalized spacial score (nSPS) is 23.7. The molecule has 1 unspecified atom stereocenters. The Labute approximate surface area is 112 Å². The number of hydrogen-bond acceptors (Lipinski definition) is 3. The van der Waals surface area contributed by atoms with E-state index in [0.717, 1.165) is 56.6 Å². The van der Waals surface area contributed by atoms with E-state index in [1.165, 1.54) is 0 Å². The van der Waals surface area contributed by atoms with Crippen molar-refractivity contribution in [2.24, 2.45) is 0 Å². The summed E-state index contributed by atoms with van der Waals surface area (Å²) < 4.78 is 5.27. The Morgan fingerprint density at radius 3 is 3.16 bits per heavy atom.